The van der Waals surface area contributed by atoms with E-state index in [9.17, 15) is 14.0 Å². The predicted octanol–water partition coefficient (Wildman–Crippen LogP) is 1.42. The van der Waals surface area contributed by atoms with E-state index in [1.165, 1.54) is 0 Å². The third-order valence-corrected chi connectivity index (χ3v) is 2.14. The first-order chi connectivity index (χ1) is 9.61. The smallest absolute Gasteiger partial charge is 0.404 e. The molecule has 0 heterocycles. The maximum Gasteiger partial charge on any atom is 0.404 e. The maximum atomic E-state index is 11.9. The number of amides is 3. The molecule has 0 fully saturated rings. The first kappa shape index (κ1) is 15.5. The summed E-state index contributed by atoms with van der Waals surface area (Å²) in [6.45, 7) is -0.273. The number of hydrogen-bond acceptors (Lipinski definition) is 3. The van der Waals surface area contributed by atoms with E-state index in [1.54, 1.807) is 24.3 Å². The lowest BCUT2D eigenvalue weighted by Gasteiger charge is -2.08. The van der Waals surface area contributed by atoms with E-state index in [1.807, 2.05) is 0 Å². The molecule has 3 amide bonds. The zero-order chi connectivity index (χ0) is 14.8. The van der Waals surface area contributed by atoms with Crippen molar-refractivity contribution in [3.8, 4) is 5.75 Å². The Morgan fingerprint density at radius 3 is 2.40 bits per heavy atom. The van der Waals surface area contributed by atoms with Crippen LogP contribution in [0, 0.1) is 0 Å². The van der Waals surface area contributed by atoms with Gasteiger partial charge in [-0.3, -0.25) is 0 Å². The number of rotatable bonds is 7. The standard InChI is InChI=1S/C12H16FN3O4/c13-5-8-20-10-3-1-9(2-4-10)16-11(17)14-6-7-15-12(18)19/h1-4,15H,5-8H2,(H,18,19)(H2,14,16,17). The highest BCUT2D eigenvalue weighted by Gasteiger charge is 2.02. The van der Waals surface area contributed by atoms with Gasteiger partial charge in [0.25, 0.3) is 0 Å². The van der Waals surface area contributed by atoms with Gasteiger partial charge >= 0.3 is 12.1 Å². The summed E-state index contributed by atoms with van der Waals surface area (Å²) in [4.78, 5) is 21.6. The lowest BCUT2D eigenvalue weighted by atomic mass is 10.3. The zero-order valence-corrected chi connectivity index (χ0v) is 10.7. The molecule has 0 saturated carbocycles. The number of alkyl halides is 1. The van der Waals surface area contributed by atoms with Gasteiger partial charge in [0, 0.05) is 18.8 Å². The molecule has 0 radical (unpaired) electrons. The third-order valence-electron chi connectivity index (χ3n) is 2.14. The number of carboxylic acid groups (broad SMARTS) is 1. The summed E-state index contributed by atoms with van der Waals surface area (Å²) in [5.41, 5.74) is 0.543. The Balaban J connectivity index is 2.29. The number of urea groups is 1. The first-order valence-electron chi connectivity index (χ1n) is 5.92. The van der Waals surface area contributed by atoms with Crippen LogP contribution in [0.1, 0.15) is 0 Å². The molecule has 0 aliphatic heterocycles. The van der Waals surface area contributed by atoms with Gasteiger partial charge in [-0.15, -0.1) is 0 Å². The Hall–Kier alpha value is -2.51. The second-order valence-electron chi connectivity index (χ2n) is 3.67. The summed E-state index contributed by atoms with van der Waals surface area (Å²) in [5, 5.41) is 15.5. The van der Waals surface area contributed by atoms with Crippen LogP contribution in [0.3, 0.4) is 0 Å². The average Bonchev–Trinajstić information content (AvgIpc) is 2.43. The quantitative estimate of drug-likeness (QED) is 0.569. The molecule has 0 aliphatic rings. The van der Waals surface area contributed by atoms with Crippen molar-refractivity contribution in [1.82, 2.24) is 10.6 Å². The third kappa shape index (κ3) is 6.43. The van der Waals surface area contributed by atoms with Crippen molar-refractivity contribution in [2.45, 2.75) is 0 Å². The molecule has 8 heteroatoms. The van der Waals surface area contributed by atoms with Crippen LogP contribution in [0.25, 0.3) is 0 Å². The van der Waals surface area contributed by atoms with Gasteiger partial charge in [0.05, 0.1) is 0 Å². The van der Waals surface area contributed by atoms with Crippen molar-refractivity contribution in [1.29, 1.82) is 0 Å². The molecule has 0 saturated heterocycles. The van der Waals surface area contributed by atoms with Crippen molar-refractivity contribution in [3.63, 3.8) is 0 Å². The Morgan fingerprint density at radius 2 is 1.80 bits per heavy atom. The minimum atomic E-state index is -1.14. The van der Waals surface area contributed by atoms with Gasteiger partial charge in [0.15, 0.2) is 0 Å². The van der Waals surface area contributed by atoms with Crippen LogP contribution in [-0.2, 0) is 0 Å². The van der Waals surface area contributed by atoms with Crippen molar-refractivity contribution >= 4 is 17.8 Å². The summed E-state index contributed by atoms with van der Waals surface area (Å²) in [6.07, 6.45) is -1.14. The molecular weight excluding hydrogens is 269 g/mol. The fourth-order valence-corrected chi connectivity index (χ4v) is 1.31. The number of ether oxygens (including phenoxy) is 1. The fraction of sp³-hybridized carbons (Fsp3) is 0.333. The van der Waals surface area contributed by atoms with E-state index in [0.717, 1.165) is 0 Å². The molecule has 20 heavy (non-hydrogen) atoms. The van der Waals surface area contributed by atoms with E-state index < -0.39 is 18.8 Å². The lowest BCUT2D eigenvalue weighted by Crippen LogP contribution is -2.36. The summed E-state index contributed by atoms with van der Waals surface area (Å²) in [7, 11) is 0. The Bertz CT molecular complexity index is 439. The van der Waals surface area contributed by atoms with Crippen LogP contribution in [0.4, 0.5) is 19.7 Å². The number of benzene rings is 1. The van der Waals surface area contributed by atoms with Gasteiger partial charge in [0.1, 0.15) is 19.0 Å². The number of hydrogen-bond donors (Lipinski definition) is 4. The molecule has 0 unspecified atom stereocenters. The van der Waals surface area contributed by atoms with Gasteiger partial charge in [-0.1, -0.05) is 0 Å². The molecule has 7 nitrogen and oxygen atoms in total. The van der Waals surface area contributed by atoms with E-state index >= 15 is 0 Å². The van der Waals surface area contributed by atoms with Gasteiger partial charge in [-0.25, -0.2) is 14.0 Å². The number of nitrogens with one attached hydrogen (secondary N) is 3. The molecule has 0 aliphatic carbocycles. The minimum absolute atomic E-state index is 0.0101. The molecule has 0 aromatic heterocycles. The predicted molar refractivity (Wildman–Crippen MR) is 71.0 cm³/mol. The van der Waals surface area contributed by atoms with Crippen molar-refractivity contribution in [2.24, 2.45) is 0 Å². The SMILES string of the molecule is O=C(O)NCCNC(=O)Nc1ccc(OCCF)cc1. The number of halogens is 1. The molecule has 0 atom stereocenters. The Labute approximate surface area is 115 Å². The van der Waals surface area contributed by atoms with Crippen molar-refractivity contribution in [3.05, 3.63) is 24.3 Å². The highest BCUT2D eigenvalue weighted by molar-refractivity contribution is 5.89. The molecular formula is C12H16FN3O4. The van der Waals surface area contributed by atoms with Gasteiger partial charge < -0.3 is 25.8 Å². The molecule has 0 spiro atoms. The normalized spacial score (nSPS) is 9.65. The van der Waals surface area contributed by atoms with Gasteiger partial charge in [-0.05, 0) is 24.3 Å². The van der Waals surface area contributed by atoms with Crippen molar-refractivity contribution in [2.75, 3.05) is 31.7 Å². The summed E-state index contributed by atoms with van der Waals surface area (Å²) in [6, 6.07) is 5.99. The molecule has 1 rings (SSSR count). The van der Waals surface area contributed by atoms with Crippen LogP contribution in [-0.4, -0.2) is 43.6 Å². The fourth-order valence-electron chi connectivity index (χ4n) is 1.31. The topological polar surface area (TPSA) is 99.7 Å². The van der Waals surface area contributed by atoms with E-state index in [-0.39, 0.29) is 19.7 Å². The maximum absolute atomic E-state index is 11.9. The van der Waals surface area contributed by atoms with E-state index in [4.69, 9.17) is 9.84 Å². The first-order valence-corrected chi connectivity index (χ1v) is 5.92. The average molecular weight is 285 g/mol. The second kappa shape index (κ2) is 8.57. The largest absolute Gasteiger partial charge is 0.491 e. The van der Waals surface area contributed by atoms with Crippen LogP contribution >= 0.6 is 0 Å². The van der Waals surface area contributed by atoms with Crippen LogP contribution in [0.5, 0.6) is 5.75 Å². The second-order valence-corrected chi connectivity index (χ2v) is 3.67. The summed E-state index contributed by atoms with van der Waals surface area (Å²) >= 11 is 0. The van der Waals surface area contributed by atoms with E-state index in [2.05, 4.69) is 16.0 Å². The summed E-state index contributed by atoms with van der Waals surface area (Å²) < 4.78 is 16.9. The number of carbonyl (C=O) groups is 2. The monoisotopic (exact) mass is 285 g/mol. The zero-order valence-electron chi connectivity index (χ0n) is 10.7. The van der Waals surface area contributed by atoms with Gasteiger partial charge in [0.2, 0.25) is 0 Å². The molecule has 1 aromatic rings. The molecule has 4 N–H and O–H groups in total. The van der Waals surface area contributed by atoms with Gasteiger partial charge in [-0.2, -0.15) is 0 Å². The Kier molecular flexibility index (Phi) is 6.66. The van der Waals surface area contributed by atoms with E-state index in [0.29, 0.717) is 11.4 Å². The van der Waals surface area contributed by atoms with Crippen LogP contribution in [0.15, 0.2) is 24.3 Å². The lowest BCUT2D eigenvalue weighted by molar-refractivity contribution is 0.194. The summed E-state index contributed by atoms with van der Waals surface area (Å²) in [5.74, 6) is 0.513. The highest BCUT2D eigenvalue weighted by Crippen LogP contribution is 2.15. The Morgan fingerprint density at radius 1 is 1.15 bits per heavy atom. The molecule has 110 valence electrons. The number of carbonyl (C=O) groups excluding carboxylic acids is 1. The molecule has 1 aromatic carbocycles. The minimum Gasteiger partial charge on any atom is -0.491 e. The van der Waals surface area contributed by atoms with Crippen molar-refractivity contribution < 1.29 is 23.8 Å². The highest BCUT2D eigenvalue weighted by atomic mass is 19.1. The molecule has 0 bridgehead atoms. The van der Waals surface area contributed by atoms with Crippen LogP contribution in [0.2, 0.25) is 0 Å². The van der Waals surface area contributed by atoms with Crippen LogP contribution < -0.4 is 20.7 Å². The number of anilines is 1.